The predicted octanol–water partition coefficient (Wildman–Crippen LogP) is 1.60. The Labute approximate surface area is 99.7 Å². The maximum Gasteiger partial charge on any atom is 0.186 e. The van der Waals surface area contributed by atoms with Crippen LogP contribution in [0.4, 0.5) is 4.39 Å². The molecule has 1 aromatic carbocycles. The van der Waals surface area contributed by atoms with Crippen LogP contribution in [0.2, 0.25) is 0 Å². The Kier molecular flexibility index (Phi) is 4.30. The molecule has 0 heterocycles. The molecule has 1 rings (SSSR count). The first-order valence-electron chi connectivity index (χ1n) is 5.14. The van der Waals surface area contributed by atoms with Crippen LogP contribution in [0.3, 0.4) is 0 Å². The molecule has 0 aliphatic carbocycles. The van der Waals surface area contributed by atoms with Crippen molar-refractivity contribution in [1.29, 1.82) is 5.26 Å². The number of halogens is 1. The van der Waals surface area contributed by atoms with E-state index in [-0.39, 0.29) is 23.1 Å². The fourth-order valence-electron chi connectivity index (χ4n) is 1.64. The summed E-state index contributed by atoms with van der Waals surface area (Å²) in [5, 5.41) is 8.87. The van der Waals surface area contributed by atoms with Crippen molar-refractivity contribution in [2.24, 2.45) is 5.73 Å². The number of nitrogens with two attached hydrogens (primary N) is 1. The average Bonchev–Trinajstić information content (AvgIpc) is 2.28. The minimum absolute atomic E-state index is 0.0552. The third-order valence-corrected chi connectivity index (χ3v) is 2.34. The van der Waals surface area contributed by atoms with Gasteiger partial charge in [-0.25, -0.2) is 4.39 Å². The van der Waals surface area contributed by atoms with Crippen molar-refractivity contribution in [3.63, 3.8) is 0 Å². The van der Waals surface area contributed by atoms with E-state index in [9.17, 15) is 4.39 Å². The second kappa shape index (κ2) is 5.51. The average molecular weight is 238 g/mol. The predicted molar refractivity (Wildman–Crippen MR) is 61.6 cm³/mol. The van der Waals surface area contributed by atoms with Gasteiger partial charge in [-0.1, -0.05) is 0 Å². The zero-order valence-corrected chi connectivity index (χ0v) is 10.1. The largest absolute Gasteiger partial charge is 0.495 e. The van der Waals surface area contributed by atoms with E-state index in [0.717, 1.165) is 0 Å². The fraction of sp³-hybridized carbons (Fsp3) is 0.417. The Balaban J connectivity index is 3.41. The normalized spacial score (nSPS) is 11.8. The molecule has 0 amide bonds. The molecule has 1 unspecified atom stereocenters. The highest BCUT2D eigenvalue weighted by atomic mass is 19.1. The van der Waals surface area contributed by atoms with Gasteiger partial charge >= 0.3 is 0 Å². The lowest BCUT2D eigenvalue weighted by Gasteiger charge is -2.14. The molecule has 0 aromatic heterocycles. The summed E-state index contributed by atoms with van der Waals surface area (Å²) in [4.78, 5) is 0. The number of benzene rings is 1. The molecule has 1 aromatic rings. The lowest BCUT2D eigenvalue weighted by Crippen LogP contribution is -2.18. The van der Waals surface area contributed by atoms with Crippen LogP contribution in [0.15, 0.2) is 6.07 Å². The Morgan fingerprint density at radius 2 is 2.12 bits per heavy atom. The van der Waals surface area contributed by atoms with Crippen LogP contribution in [0.5, 0.6) is 11.5 Å². The van der Waals surface area contributed by atoms with Crippen molar-refractivity contribution >= 4 is 0 Å². The summed E-state index contributed by atoms with van der Waals surface area (Å²) in [5.74, 6) is -0.453. The van der Waals surface area contributed by atoms with E-state index >= 15 is 0 Å². The maximum absolute atomic E-state index is 14.0. The quantitative estimate of drug-likeness (QED) is 0.865. The molecule has 0 bridgehead atoms. The van der Waals surface area contributed by atoms with Gasteiger partial charge in [0.1, 0.15) is 17.4 Å². The van der Waals surface area contributed by atoms with Crippen LogP contribution in [-0.4, -0.2) is 20.3 Å². The van der Waals surface area contributed by atoms with Crippen molar-refractivity contribution < 1.29 is 13.9 Å². The van der Waals surface area contributed by atoms with Crippen LogP contribution in [0, 0.1) is 17.1 Å². The third-order valence-electron chi connectivity index (χ3n) is 2.34. The first kappa shape index (κ1) is 13.3. The van der Waals surface area contributed by atoms with Gasteiger partial charge in [-0.15, -0.1) is 0 Å². The SMILES string of the molecule is COc1cc(CC(C)N)c(OC)c(F)c1C#N. The van der Waals surface area contributed by atoms with Crippen LogP contribution in [0.25, 0.3) is 0 Å². The minimum Gasteiger partial charge on any atom is -0.495 e. The van der Waals surface area contributed by atoms with Crippen LogP contribution in [0.1, 0.15) is 18.1 Å². The van der Waals surface area contributed by atoms with Gasteiger partial charge in [-0.3, -0.25) is 0 Å². The van der Waals surface area contributed by atoms with Crippen LogP contribution < -0.4 is 15.2 Å². The smallest absolute Gasteiger partial charge is 0.186 e. The molecule has 92 valence electrons. The number of ether oxygens (including phenoxy) is 2. The van der Waals surface area contributed by atoms with Crippen molar-refractivity contribution in [1.82, 2.24) is 0 Å². The van der Waals surface area contributed by atoms with E-state index in [1.807, 2.05) is 6.92 Å². The van der Waals surface area contributed by atoms with Crippen molar-refractivity contribution in [3.8, 4) is 17.6 Å². The van der Waals surface area contributed by atoms with Gasteiger partial charge in [0.25, 0.3) is 0 Å². The summed E-state index contributed by atoms with van der Waals surface area (Å²) in [5.41, 5.74) is 6.11. The molecule has 0 radical (unpaired) electrons. The zero-order chi connectivity index (χ0) is 13.0. The minimum atomic E-state index is -0.704. The lowest BCUT2D eigenvalue weighted by atomic mass is 10.0. The summed E-state index contributed by atoms with van der Waals surface area (Å²) < 4.78 is 23.9. The molecule has 0 spiro atoms. The molecule has 1 atom stereocenters. The van der Waals surface area contributed by atoms with Gasteiger partial charge < -0.3 is 15.2 Å². The molecule has 4 nitrogen and oxygen atoms in total. The van der Waals surface area contributed by atoms with Gasteiger partial charge in [0.05, 0.1) is 14.2 Å². The van der Waals surface area contributed by atoms with Gasteiger partial charge in [0, 0.05) is 11.6 Å². The molecule has 0 saturated carbocycles. The Morgan fingerprint density at radius 3 is 2.53 bits per heavy atom. The molecule has 0 aliphatic heterocycles. The summed E-state index contributed by atoms with van der Waals surface area (Å²) >= 11 is 0. The van der Waals surface area contributed by atoms with Crippen LogP contribution in [-0.2, 0) is 6.42 Å². The molecule has 0 aliphatic rings. The number of methoxy groups -OCH3 is 2. The fourth-order valence-corrected chi connectivity index (χ4v) is 1.64. The summed E-state index contributed by atoms with van der Waals surface area (Å²) in [6.45, 7) is 1.81. The van der Waals surface area contributed by atoms with Crippen molar-refractivity contribution in [2.45, 2.75) is 19.4 Å². The second-order valence-corrected chi connectivity index (χ2v) is 3.75. The molecule has 17 heavy (non-hydrogen) atoms. The first-order valence-corrected chi connectivity index (χ1v) is 5.14. The van der Waals surface area contributed by atoms with Crippen molar-refractivity contribution in [2.75, 3.05) is 14.2 Å². The third kappa shape index (κ3) is 2.66. The maximum atomic E-state index is 14.0. The lowest BCUT2D eigenvalue weighted by molar-refractivity contribution is 0.369. The van der Waals surface area contributed by atoms with Gasteiger partial charge in [-0.2, -0.15) is 5.26 Å². The van der Waals surface area contributed by atoms with Crippen molar-refractivity contribution in [3.05, 3.63) is 23.0 Å². The van der Waals surface area contributed by atoms with E-state index < -0.39 is 5.82 Å². The molecule has 0 saturated heterocycles. The van der Waals surface area contributed by atoms with E-state index in [0.29, 0.717) is 12.0 Å². The molecule has 2 N–H and O–H groups in total. The summed E-state index contributed by atoms with van der Waals surface area (Å²) in [6, 6.07) is 3.21. The first-order chi connectivity index (χ1) is 8.04. The zero-order valence-electron chi connectivity index (χ0n) is 10.1. The van der Waals surface area contributed by atoms with E-state index in [4.69, 9.17) is 20.5 Å². The van der Waals surface area contributed by atoms with Gasteiger partial charge in [-0.05, 0) is 19.4 Å². The Bertz CT molecular complexity index is 453. The number of nitriles is 1. The Morgan fingerprint density at radius 1 is 1.47 bits per heavy atom. The molecular formula is C12H15FN2O2. The van der Waals surface area contributed by atoms with E-state index in [1.165, 1.54) is 14.2 Å². The second-order valence-electron chi connectivity index (χ2n) is 3.75. The van der Waals surface area contributed by atoms with E-state index in [1.54, 1.807) is 12.1 Å². The van der Waals surface area contributed by atoms with Crippen LogP contribution >= 0.6 is 0 Å². The van der Waals surface area contributed by atoms with Gasteiger partial charge in [0.15, 0.2) is 11.6 Å². The standard InChI is InChI=1S/C12H15FN2O2/c1-7(15)4-8-5-10(16-2)9(6-14)11(13)12(8)17-3/h5,7H,4,15H2,1-3H3. The molecule has 0 fully saturated rings. The number of hydrogen-bond donors (Lipinski definition) is 1. The molecule has 5 heteroatoms. The highest BCUT2D eigenvalue weighted by Crippen LogP contribution is 2.33. The molecular weight excluding hydrogens is 223 g/mol. The summed E-state index contributed by atoms with van der Waals surface area (Å²) in [6.07, 6.45) is 0.447. The van der Waals surface area contributed by atoms with E-state index in [2.05, 4.69) is 0 Å². The van der Waals surface area contributed by atoms with Gasteiger partial charge in [0.2, 0.25) is 0 Å². The topological polar surface area (TPSA) is 68.3 Å². The number of rotatable bonds is 4. The Hall–Kier alpha value is -1.80. The highest BCUT2D eigenvalue weighted by molar-refractivity contribution is 5.53. The summed E-state index contributed by atoms with van der Waals surface area (Å²) in [7, 11) is 2.74. The monoisotopic (exact) mass is 238 g/mol. The number of nitrogens with zero attached hydrogens (tertiary/aromatic N) is 1. The number of hydrogen-bond acceptors (Lipinski definition) is 4. The highest BCUT2D eigenvalue weighted by Gasteiger charge is 2.20.